The third-order valence-corrected chi connectivity index (χ3v) is 5.21. The van der Waals surface area contributed by atoms with Gasteiger partial charge in [0.25, 0.3) is 5.91 Å². The zero-order chi connectivity index (χ0) is 20.2. The molecular weight excluding hydrogens is 388 g/mol. The average molecular weight is 406 g/mol. The number of hydrazone groups is 1. The molecule has 146 valence electrons. The molecule has 0 radical (unpaired) electrons. The fourth-order valence-electron chi connectivity index (χ4n) is 2.64. The first-order valence-electron chi connectivity index (χ1n) is 8.90. The van der Waals surface area contributed by atoms with Crippen molar-refractivity contribution in [2.45, 2.75) is 19.9 Å². The largest absolute Gasteiger partial charge is 0.350 e. The fourth-order valence-corrected chi connectivity index (χ4v) is 3.59. The number of rotatable bonds is 6. The van der Waals surface area contributed by atoms with E-state index in [0.717, 1.165) is 21.5 Å². The molecule has 0 aliphatic heterocycles. The first-order valence-corrected chi connectivity index (χ1v) is 9.72. The standard InChI is InChI=1S/C19H18N8OS/c1-12(14-6-5-7-15(10-14)27-11-20-25-26-27)23-24-18(28)13(2)21-19-22-16-8-3-4-9-17(16)29-19/h3-11,13H,1-2H3,(H,21,22)(H,24,28)/b23-12-/t13-/m1/s1. The number of fused-ring (bicyclic) bond motifs is 1. The van der Waals surface area contributed by atoms with E-state index in [2.05, 4.69) is 36.4 Å². The van der Waals surface area contributed by atoms with Gasteiger partial charge in [-0.1, -0.05) is 35.6 Å². The number of nitrogens with one attached hydrogen (secondary N) is 2. The summed E-state index contributed by atoms with van der Waals surface area (Å²) in [7, 11) is 0. The van der Waals surface area contributed by atoms with Gasteiger partial charge in [0.05, 0.1) is 21.6 Å². The van der Waals surface area contributed by atoms with Gasteiger partial charge in [-0.15, -0.1) is 5.10 Å². The van der Waals surface area contributed by atoms with Gasteiger partial charge in [0.2, 0.25) is 0 Å². The van der Waals surface area contributed by atoms with Gasteiger partial charge in [-0.25, -0.2) is 15.1 Å². The van der Waals surface area contributed by atoms with Gasteiger partial charge in [0.1, 0.15) is 12.4 Å². The summed E-state index contributed by atoms with van der Waals surface area (Å²) in [4.78, 5) is 16.9. The smallest absolute Gasteiger partial charge is 0.262 e. The van der Waals surface area contributed by atoms with E-state index in [1.807, 2.05) is 55.5 Å². The highest BCUT2D eigenvalue weighted by molar-refractivity contribution is 7.22. The molecule has 9 nitrogen and oxygen atoms in total. The van der Waals surface area contributed by atoms with Crippen molar-refractivity contribution in [3.05, 3.63) is 60.4 Å². The van der Waals surface area contributed by atoms with E-state index in [1.54, 1.807) is 11.6 Å². The normalized spacial score (nSPS) is 12.7. The van der Waals surface area contributed by atoms with E-state index < -0.39 is 6.04 Å². The number of hydrogen-bond donors (Lipinski definition) is 2. The Hall–Kier alpha value is -3.66. The number of anilines is 1. The molecule has 2 N–H and O–H groups in total. The number of para-hydroxylation sites is 1. The Balaban J connectivity index is 1.41. The van der Waals surface area contributed by atoms with Crippen LogP contribution in [0.2, 0.25) is 0 Å². The molecular formula is C19H18N8OS. The number of tetrazole rings is 1. The van der Waals surface area contributed by atoms with Gasteiger partial charge in [-0.05, 0) is 54.1 Å². The second kappa shape index (κ2) is 8.15. The van der Waals surface area contributed by atoms with Crippen molar-refractivity contribution in [2.75, 3.05) is 5.32 Å². The molecule has 2 aromatic carbocycles. The molecule has 1 amide bonds. The lowest BCUT2D eigenvalue weighted by atomic mass is 10.1. The molecule has 0 unspecified atom stereocenters. The van der Waals surface area contributed by atoms with Crippen molar-refractivity contribution in [1.82, 2.24) is 30.6 Å². The quantitative estimate of drug-likeness (QED) is 0.376. The van der Waals surface area contributed by atoms with Gasteiger partial charge < -0.3 is 5.32 Å². The molecule has 0 aliphatic carbocycles. The summed E-state index contributed by atoms with van der Waals surface area (Å²) in [5.74, 6) is -0.250. The van der Waals surface area contributed by atoms with Gasteiger partial charge in [-0.2, -0.15) is 5.10 Å². The molecule has 0 spiro atoms. The van der Waals surface area contributed by atoms with E-state index in [9.17, 15) is 4.79 Å². The maximum atomic E-state index is 12.4. The summed E-state index contributed by atoms with van der Waals surface area (Å²) < 4.78 is 2.62. The van der Waals surface area contributed by atoms with Crippen LogP contribution in [0.3, 0.4) is 0 Å². The highest BCUT2D eigenvalue weighted by atomic mass is 32.1. The highest BCUT2D eigenvalue weighted by Gasteiger charge is 2.14. The zero-order valence-corrected chi connectivity index (χ0v) is 16.6. The average Bonchev–Trinajstić information content (AvgIpc) is 3.41. The summed E-state index contributed by atoms with van der Waals surface area (Å²) >= 11 is 1.51. The van der Waals surface area contributed by atoms with Gasteiger partial charge in [0, 0.05) is 0 Å². The summed E-state index contributed by atoms with van der Waals surface area (Å²) in [5, 5.41) is 19.2. The number of aromatic nitrogens is 5. The molecule has 4 rings (SSSR count). The Bertz CT molecular complexity index is 1130. The van der Waals surface area contributed by atoms with Crippen LogP contribution in [0.5, 0.6) is 0 Å². The molecule has 0 saturated heterocycles. The Kier molecular flexibility index (Phi) is 5.25. The predicted octanol–water partition coefficient (Wildman–Crippen LogP) is 2.61. The summed E-state index contributed by atoms with van der Waals surface area (Å²) in [6, 6.07) is 14.9. The summed E-state index contributed by atoms with van der Waals surface area (Å²) in [5.41, 5.74) is 5.84. The minimum Gasteiger partial charge on any atom is -0.350 e. The Morgan fingerprint density at radius 2 is 2.07 bits per heavy atom. The SMILES string of the molecule is C/C(=N/NC(=O)[C@@H](C)Nc1nc2ccccc2s1)c1cccc(-n2cnnn2)c1. The van der Waals surface area contributed by atoms with Crippen LogP contribution >= 0.6 is 11.3 Å². The lowest BCUT2D eigenvalue weighted by Gasteiger charge is -2.11. The van der Waals surface area contributed by atoms with Crippen LogP contribution in [0.25, 0.3) is 15.9 Å². The number of hydrogen-bond acceptors (Lipinski definition) is 8. The Morgan fingerprint density at radius 1 is 1.21 bits per heavy atom. The molecule has 4 aromatic rings. The van der Waals surface area contributed by atoms with Crippen LogP contribution in [0.1, 0.15) is 19.4 Å². The Morgan fingerprint density at radius 3 is 2.86 bits per heavy atom. The van der Waals surface area contributed by atoms with Crippen molar-refractivity contribution in [1.29, 1.82) is 0 Å². The molecule has 0 fully saturated rings. The van der Waals surface area contributed by atoms with Gasteiger partial charge in [0.15, 0.2) is 5.13 Å². The number of carbonyl (C=O) groups is 1. The summed E-state index contributed by atoms with van der Waals surface area (Å²) in [6.07, 6.45) is 1.52. The minimum absolute atomic E-state index is 0.250. The van der Waals surface area contributed by atoms with Crippen molar-refractivity contribution in [3.63, 3.8) is 0 Å². The maximum absolute atomic E-state index is 12.4. The number of benzene rings is 2. The van der Waals surface area contributed by atoms with Crippen molar-refractivity contribution in [3.8, 4) is 5.69 Å². The lowest BCUT2D eigenvalue weighted by molar-refractivity contribution is -0.121. The topological polar surface area (TPSA) is 110 Å². The van der Waals surface area contributed by atoms with E-state index in [4.69, 9.17) is 0 Å². The van der Waals surface area contributed by atoms with Crippen LogP contribution < -0.4 is 10.7 Å². The second-order valence-electron chi connectivity index (χ2n) is 6.33. The van der Waals surface area contributed by atoms with Crippen LogP contribution in [-0.2, 0) is 4.79 Å². The Labute approximate surface area is 170 Å². The first-order chi connectivity index (χ1) is 14.1. The van der Waals surface area contributed by atoms with Crippen LogP contribution in [0, 0.1) is 0 Å². The zero-order valence-electron chi connectivity index (χ0n) is 15.8. The van der Waals surface area contributed by atoms with Gasteiger partial charge in [-0.3, -0.25) is 4.79 Å². The van der Waals surface area contributed by atoms with Crippen molar-refractivity contribution in [2.24, 2.45) is 5.10 Å². The number of carbonyl (C=O) groups excluding carboxylic acids is 1. The number of amides is 1. The van der Waals surface area contributed by atoms with Crippen LogP contribution in [0.15, 0.2) is 60.0 Å². The minimum atomic E-state index is -0.486. The van der Waals surface area contributed by atoms with Crippen LogP contribution in [-0.4, -0.2) is 42.9 Å². The molecule has 0 bridgehead atoms. The summed E-state index contributed by atoms with van der Waals surface area (Å²) in [6.45, 7) is 3.59. The van der Waals surface area contributed by atoms with E-state index in [-0.39, 0.29) is 5.91 Å². The van der Waals surface area contributed by atoms with E-state index >= 15 is 0 Å². The van der Waals surface area contributed by atoms with E-state index in [1.165, 1.54) is 17.7 Å². The molecule has 0 saturated carbocycles. The molecule has 10 heteroatoms. The first kappa shape index (κ1) is 18.7. The molecule has 29 heavy (non-hydrogen) atoms. The van der Waals surface area contributed by atoms with Crippen molar-refractivity contribution < 1.29 is 4.79 Å². The number of thiazole rings is 1. The lowest BCUT2D eigenvalue weighted by Crippen LogP contribution is -2.35. The molecule has 0 aliphatic rings. The molecule has 2 heterocycles. The van der Waals surface area contributed by atoms with Crippen molar-refractivity contribution >= 4 is 38.3 Å². The second-order valence-corrected chi connectivity index (χ2v) is 7.36. The predicted molar refractivity (Wildman–Crippen MR) is 112 cm³/mol. The molecule has 2 aromatic heterocycles. The molecule has 1 atom stereocenters. The number of nitrogens with zero attached hydrogens (tertiary/aromatic N) is 6. The fraction of sp³-hybridized carbons (Fsp3) is 0.158. The maximum Gasteiger partial charge on any atom is 0.262 e. The third kappa shape index (κ3) is 4.27. The third-order valence-electron chi connectivity index (χ3n) is 4.24. The highest BCUT2D eigenvalue weighted by Crippen LogP contribution is 2.25. The van der Waals surface area contributed by atoms with E-state index in [0.29, 0.717) is 10.8 Å². The van der Waals surface area contributed by atoms with Gasteiger partial charge >= 0.3 is 0 Å². The van der Waals surface area contributed by atoms with Crippen LogP contribution in [0.4, 0.5) is 5.13 Å². The monoisotopic (exact) mass is 406 g/mol.